The van der Waals surface area contributed by atoms with Gasteiger partial charge in [0, 0.05) is 12.2 Å². The summed E-state index contributed by atoms with van der Waals surface area (Å²) in [6, 6.07) is 3.64. The number of nitrogens with one attached hydrogen (secondary N) is 1. The van der Waals surface area contributed by atoms with Crippen molar-refractivity contribution < 1.29 is 4.79 Å². The average Bonchev–Trinajstić information content (AvgIpc) is 2.32. The highest BCUT2D eigenvalue weighted by Crippen LogP contribution is 2.25. The molecule has 1 fully saturated rings. The van der Waals surface area contributed by atoms with E-state index in [1.54, 1.807) is 6.20 Å². The Labute approximate surface area is 109 Å². The van der Waals surface area contributed by atoms with E-state index in [-0.39, 0.29) is 17.9 Å². The van der Waals surface area contributed by atoms with Gasteiger partial charge in [-0.25, -0.2) is 4.98 Å². The van der Waals surface area contributed by atoms with Crippen molar-refractivity contribution in [2.75, 3.05) is 5.32 Å². The molecule has 1 saturated carbocycles. The van der Waals surface area contributed by atoms with Gasteiger partial charge in [-0.3, -0.25) is 4.79 Å². The van der Waals surface area contributed by atoms with Crippen LogP contribution in [0.5, 0.6) is 0 Å². The van der Waals surface area contributed by atoms with E-state index in [1.165, 1.54) is 0 Å². The van der Waals surface area contributed by atoms with E-state index in [2.05, 4.69) is 26.2 Å². The molecule has 1 aliphatic rings. The summed E-state index contributed by atoms with van der Waals surface area (Å²) in [5.41, 5.74) is 5.98. The van der Waals surface area contributed by atoms with Gasteiger partial charge in [0.05, 0.1) is 10.4 Å². The number of carbonyl (C=O) groups is 1. The number of nitrogens with zero attached hydrogens (tertiary/aromatic N) is 1. The highest BCUT2D eigenvalue weighted by Gasteiger charge is 2.28. The topological polar surface area (TPSA) is 68.0 Å². The Balaban J connectivity index is 2.03. The Morgan fingerprint density at radius 3 is 2.94 bits per heavy atom. The molecular formula is C12H16BrN3O. The van der Waals surface area contributed by atoms with Gasteiger partial charge in [-0.15, -0.1) is 0 Å². The van der Waals surface area contributed by atoms with Gasteiger partial charge in [0.25, 0.3) is 0 Å². The van der Waals surface area contributed by atoms with E-state index in [4.69, 9.17) is 5.73 Å². The van der Waals surface area contributed by atoms with Crippen LogP contribution in [0.1, 0.15) is 25.7 Å². The van der Waals surface area contributed by atoms with Gasteiger partial charge in [-0.05, 0) is 40.9 Å². The molecule has 0 bridgehead atoms. The minimum Gasteiger partial charge on any atom is -0.327 e. The van der Waals surface area contributed by atoms with Gasteiger partial charge in [-0.1, -0.05) is 12.8 Å². The molecular weight excluding hydrogens is 282 g/mol. The number of nitrogens with two attached hydrogens (primary N) is 1. The highest BCUT2D eigenvalue weighted by molar-refractivity contribution is 9.10. The van der Waals surface area contributed by atoms with Gasteiger partial charge >= 0.3 is 0 Å². The summed E-state index contributed by atoms with van der Waals surface area (Å²) < 4.78 is 0.790. The number of aromatic nitrogens is 1. The van der Waals surface area contributed by atoms with Gasteiger partial charge in [0.1, 0.15) is 5.82 Å². The van der Waals surface area contributed by atoms with E-state index in [9.17, 15) is 4.79 Å². The van der Waals surface area contributed by atoms with E-state index in [0.717, 1.165) is 30.2 Å². The molecule has 5 heteroatoms. The van der Waals surface area contributed by atoms with E-state index in [1.807, 2.05) is 12.1 Å². The molecule has 0 spiro atoms. The van der Waals surface area contributed by atoms with Crippen LogP contribution in [0.15, 0.2) is 22.8 Å². The first-order valence-electron chi connectivity index (χ1n) is 5.85. The maximum absolute atomic E-state index is 12.1. The van der Waals surface area contributed by atoms with Crippen molar-refractivity contribution in [3.05, 3.63) is 22.8 Å². The number of pyridine rings is 1. The van der Waals surface area contributed by atoms with Crippen LogP contribution >= 0.6 is 15.9 Å². The lowest BCUT2D eigenvalue weighted by molar-refractivity contribution is -0.121. The van der Waals surface area contributed by atoms with Gasteiger partial charge in [0.2, 0.25) is 5.91 Å². The number of halogens is 1. The number of amides is 1. The second-order valence-electron chi connectivity index (χ2n) is 4.38. The minimum atomic E-state index is -0.0855. The molecule has 1 aromatic rings. The van der Waals surface area contributed by atoms with Crippen molar-refractivity contribution in [1.82, 2.24) is 4.98 Å². The first kappa shape index (κ1) is 12.5. The van der Waals surface area contributed by atoms with Crippen molar-refractivity contribution in [3.8, 4) is 0 Å². The lowest BCUT2D eigenvalue weighted by atomic mass is 9.84. The SMILES string of the molecule is NC1CCCCC1C(=O)Nc1ncccc1Br. The van der Waals surface area contributed by atoms with Crippen molar-refractivity contribution in [2.45, 2.75) is 31.7 Å². The monoisotopic (exact) mass is 297 g/mol. The summed E-state index contributed by atoms with van der Waals surface area (Å²) in [4.78, 5) is 16.2. The average molecular weight is 298 g/mol. The predicted molar refractivity (Wildman–Crippen MR) is 70.5 cm³/mol. The van der Waals surface area contributed by atoms with Crippen LogP contribution in [0.3, 0.4) is 0 Å². The van der Waals surface area contributed by atoms with Gasteiger partial charge in [0.15, 0.2) is 0 Å². The fourth-order valence-electron chi connectivity index (χ4n) is 2.17. The zero-order chi connectivity index (χ0) is 12.3. The molecule has 1 aliphatic carbocycles. The molecule has 2 rings (SSSR count). The molecule has 0 aliphatic heterocycles. The predicted octanol–water partition coefficient (Wildman–Crippen LogP) is 2.30. The number of hydrogen-bond donors (Lipinski definition) is 2. The third-order valence-corrected chi connectivity index (χ3v) is 3.80. The quantitative estimate of drug-likeness (QED) is 0.880. The van der Waals surface area contributed by atoms with E-state index in [0.29, 0.717) is 5.82 Å². The van der Waals surface area contributed by atoms with Crippen LogP contribution in [-0.4, -0.2) is 16.9 Å². The molecule has 1 amide bonds. The van der Waals surface area contributed by atoms with Crippen molar-refractivity contribution in [3.63, 3.8) is 0 Å². The Morgan fingerprint density at radius 1 is 1.47 bits per heavy atom. The zero-order valence-electron chi connectivity index (χ0n) is 9.53. The second-order valence-corrected chi connectivity index (χ2v) is 5.23. The molecule has 1 aromatic heterocycles. The molecule has 0 aromatic carbocycles. The Kier molecular flexibility index (Phi) is 4.12. The minimum absolute atomic E-state index is 0.0170. The number of carbonyl (C=O) groups excluding carboxylic acids is 1. The molecule has 92 valence electrons. The molecule has 2 atom stereocenters. The molecule has 3 N–H and O–H groups in total. The number of hydrogen-bond acceptors (Lipinski definition) is 3. The van der Waals surface area contributed by atoms with Crippen LogP contribution in [0.25, 0.3) is 0 Å². The Bertz CT molecular complexity index is 410. The first-order valence-corrected chi connectivity index (χ1v) is 6.65. The molecule has 2 unspecified atom stereocenters. The summed E-state index contributed by atoms with van der Waals surface area (Å²) in [6.07, 6.45) is 5.66. The van der Waals surface area contributed by atoms with Crippen LogP contribution in [0.4, 0.5) is 5.82 Å². The summed E-state index contributed by atoms with van der Waals surface area (Å²) >= 11 is 3.36. The van der Waals surface area contributed by atoms with Gasteiger partial charge < -0.3 is 11.1 Å². The second kappa shape index (κ2) is 5.60. The fourth-order valence-corrected chi connectivity index (χ4v) is 2.53. The standard InChI is InChI=1S/C12H16BrN3O/c13-9-5-3-7-15-11(9)16-12(17)8-4-1-2-6-10(8)14/h3,5,7-8,10H,1-2,4,6,14H2,(H,15,16,17). The van der Waals surface area contributed by atoms with Crippen LogP contribution < -0.4 is 11.1 Å². The maximum atomic E-state index is 12.1. The third-order valence-electron chi connectivity index (χ3n) is 3.16. The molecule has 4 nitrogen and oxygen atoms in total. The fraction of sp³-hybridized carbons (Fsp3) is 0.500. The lowest BCUT2D eigenvalue weighted by Gasteiger charge is -2.27. The summed E-state index contributed by atoms with van der Waals surface area (Å²) in [5.74, 6) is 0.463. The van der Waals surface area contributed by atoms with Crippen molar-refractivity contribution >= 4 is 27.7 Å². The van der Waals surface area contributed by atoms with Crippen LogP contribution in [0, 0.1) is 5.92 Å². The van der Waals surface area contributed by atoms with Crippen LogP contribution in [0.2, 0.25) is 0 Å². The van der Waals surface area contributed by atoms with Gasteiger partial charge in [-0.2, -0.15) is 0 Å². The van der Waals surface area contributed by atoms with E-state index >= 15 is 0 Å². The Morgan fingerprint density at radius 2 is 2.24 bits per heavy atom. The third kappa shape index (κ3) is 3.04. The number of anilines is 1. The lowest BCUT2D eigenvalue weighted by Crippen LogP contribution is -2.40. The zero-order valence-corrected chi connectivity index (χ0v) is 11.1. The molecule has 1 heterocycles. The molecule has 0 saturated heterocycles. The Hall–Kier alpha value is -0.940. The smallest absolute Gasteiger partial charge is 0.230 e. The summed E-state index contributed by atoms with van der Waals surface area (Å²) in [6.45, 7) is 0. The van der Waals surface area contributed by atoms with Crippen molar-refractivity contribution in [1.29, 1.82) is 0 Å². The molecule has 0 radical (unpaired) electrons. The van der Waals surface area contributed by atoms with Crippen LogP contribution in [-0.2, 0) is 4.79 Å². The first-order chi connectivity index (χ1) is 8.18. The maximum Gasteiger partial charge on any atom is 0.230 e. The largest absolute Gasteiger partial charge is 0.327 e. The number of rotatable bonds is 2. The summed E-state index contributed by atoms with van der Waals surface area (Å²) in [7, 11) is 0. The highest BCUT2D eigenvalue weighted by atomic mass is 79.9. The normalized spacial score (nSPS) is 24.4. The van der Waals surface area contributed by atoms with E-state index < -0.39 is 0 Å². The molecule has 17 heavy (non-hydrogen) atoms. The van der Waals surface area contributed by atoms with Crippen molar-refractivity contribution in [2.24, 2.45) is 11.7 Å². The summed E-state index contributed by atoms with van der Waals surface area (Å²) in [5, 5.41) is 2.83.